The molecule has 9 rings (SSSR count). The normalized spacial score (nSPS) is 24.0. The molecule has 0 radical (unpaired) electrons. The van der Waals surface area contributed by atoms with Crippen LogP contribution in [-0.4, -0.2) is 48.6 Å². The summed E-state index contributed by atoms with van der Waals surface area (Å²) >= 11 is 6.29. The van der Waals surface area contributed by atoms with E-state index < -0.39 is 22.8 Å². The molecule has 2 atom stereocenters. The molecule has 2 bridgehead atoms. The summed E-state index contributed by atoms with van der Waals surface area (Å²) < 4.78 is 11.3. The van der Waals surface area contributed by atoms with Crippen LogP contribution in [0.1, 0.15) is 76.3 Å². The highest BCUT2D eigenvalue weighted by atomic mass is 35.5. The van der Waals surface area contributed by atoms with Crippen LogP contribution in [0.15, 0.2) is 54.6 Å². The maximum atomic E-state index is 14.6. The SMILES string of the molecule is CC(=O)Nc1ccc2c(OC(C)=O)cc3c(c2c1)C(CCCl)CN3C(=O)C12CC(C(=O)N3CC(C)c4c3cc(OC(C)=O)c3ccccc43)(C1)C2. The van der Waals surface area contributed by atoms with Crippen molar-refractivity contribution in [3.05, 3.63) is 65.7 Å². The lowest BCUT2D eigenvalue weighted by atomic mass is 9.34. The minimum atomic E-state index is -0.669. The molecule has 10 nitrogen and oxygen atoms in total. The van der Waals surface area contributed by atoms with Crippen LogP contribution in [0.4, 0.5) is 17.1 Å². The monoisotopic (exact) mass is 707 g/mol. The van der Waals surface area contributed by atoms with Crippen molar-refractivity contribution in [2.45, 2.75) is 65.2 Å². The molecule has 0 aromatic heterocycles. The molecule has 4 aromatic rings. The van der Waals surface area contributed by atoms with Crippen LogP contribution in [0.2, 0.25) is 0 Å². The van der Waals surface area contributed by atoms with Gasteiger partial charge in [-0.1, -0.05) is 31.2 Å². The summed E-state index contributed by atoms with van der Waals surface area (Å²) in [5.74, 6) is -0.0140. The minimum Gasteiger partial charge on any atom is -0.426 e. The number of anilines is 3. The number of fused-ring (bicyclic) bond motifs is 6. The zero-order valence-electron chi connectivity index (χ0n) is 28.9. The van der Waals surface area contributed by atoms with Crippen LogP contribution in [-0.2, 0) is 24.0 Å². The fraction of sp³-hybridized carbons (Fsp3) is 0.375. The van der Waals surface area contributed by atoms with Crippen molar-refractivity contribution in [2.75, 3.05) is 34.1 Å². The number of hydrogen-bond donors (Lipinski definition) is 1. The fourth-order valence-corrected chi connectivity index (χ4v) is 9.61. The lowest BCUT2D eigenvalue weighted by molar-refractivity contribution is -0.205. The predicted octanol–water partition coefficient (Wildman–Crippen LogP) is 7.18. The number of nitrogens with zero attached hydrogens (tertiary/aromatic N) is 2. The third-order valence-electron chi connectivity index (χ3n) is 11.2. The van der Waals surface area contributed by atoms with Gasteiger partial charge in [-0.2, -0.15) is 0 Å². The number of esters is 2. The van der Waals surface area contributed by atoms with Crippen molar-refractivity contribution in [1.82, 2.24) is 0 Å². The number of carbonyl (C=O) groups is 5. The minimum absolute atomic E-state index is 0.00214. The Morgan fingerprint density at radius 3 is 1.86 bits per heavy atom. The number of alkyl halides is 1. The van der Waals surface area contributed by atoms with Gasteiger partial charge in [0, 0.05) is 80.2 Å². The topological polar surface area (TPSA) is 122 Å². The van der Waals surface area contributed by atoms with Crippen LogP contribution in [0.25, 0.3) is 21.5 Å². The van der Waals surface area contributed by atoms with Crippen LogP contribution in [0.3, 0.4) is 0 Å². The van der Waals surface area contributed by atoms with E-state index in [2.05, 4.69) is 12.2 Å². The maximum Gasteiger partial charge on any atom is 0.308 e. The third-order valence-corrected chi connectivity index (χ3v) is 11.4. The molecule has 2 aliphatic heterocycles. The molecule has 2 heterocycles. The summed E-state index contributed by atoms with van der Waals surface area (Å²) in [6.07, 6.45) is 1.97. The van der Waals surface area contributed by atoms with Gasteiger partial charge in [-0.15, -0.1) is 11.6 Å². The van der Waals surface area contributed by atoms with E-state index in [0.29, 0.717) is 72.9 Å². The largest absolute Gasteiger partial charge is 0.426 e. The number of benzene rings is 4. The molecule has 5 aliphatic rings. The van der Waals surface area contributed by atoms with Gasteiger partial charge in [-0.25, -0.2) is 0 Å². The molecule has 11 heteroatoms. The average Bonchev–Trinajstić information content (AvgIpc) is 3.56. The van der Waals surface area contributed by atoms with E-state index in [9.17, 15) is 24.0 Å². The van der Waals surface area contributed by atoms with E-state index >= 15 is 0 Å². The average molecular weight is 708 g/mol. The molecule has 4 aromatic carbocycles. The van der Waals surface area contributed by atoms with Crippen LogP contribution in [0.5, 0.6) is 11.5 Å². The second-order valence-electron chi connectivity index (χ2n) is 14.8. The lowest BCUT2D eigenvalue weighted by Gasteiger charge is -2.69. The standard InChI is InChI=1S/C40H38ClN3O7/c1-21-16-43(31-14-33(50-23(3)46)27-7-5-6-8-29(27)35(21)31)37(48)39-18-40(19-39,20-39)38(49)44-17-25(11-12-41)36-30-13-26(42-22(2)45)9-10-28(30)34(15-32(36)44)51-24(4)47/h5-10,13-15,21,25H,11-12,16-20H2,1-4H3,(H,42,45). The van der Waals surface area contributed by atoms with Gasteiger partial charge >= 0.3 is 11.9 Å². The second-order valence-corrected chi connectivity index (χ2v) is 15.2. The van der Waals surface area contributed by atoms with Gasteiger partial charge in [0.1, 0.15) is 11.5 Å². The van der Waals surface area contributed by atoms with Gasteiger partial charge in [0.2, 0.25) is 17.7 Å². The van der Waals surface area contributed by atoms with Crippen LogP contribution in [0, 0.1) is 10.8 Å². The first kappa shape index (κ1) is 33.2. The highest BCUT2D eigenvalue weighted by Gasteiger charge is 2.76. The Bertz CT molecular complexity index is 2210. The summed E-state index contributed by atoms with van der Waals surface area (Å²) in [5.41, 5.74) is 2.70. The summed E-state index contributed by atoms with van der Waals surface area (Å²) in [7, 11) is 0. The van der Waals surface area contributed by atoms with Gasteiger partial charge in [0.25, 0.3) is 0 Å². The van der Waals surface area contributed by atoms with Gasteiger partial charge in [-0.05, 0) is 65.8 Å². The first-order valence-electron chi connectivity index (χ1n) is 17.4. The van der Waals surface area contributed by atoms with Gasteiger partial charge in [0.05, 0.1) is 22.2 Å². The first-order chi connectivity index (χ1) is 24.3. The van der Waals surface area contributed by atoms with E-state index in [-0.39, 0.29) is 29.6 Å². The number of amides is 3. The van der Waals surface area contributed by atoms with Crippen LogP contribution >= 0.6 is 11.6 Å². The zero-order chi connectivity index (χ0) is 36.0. The molecule has 1 N–H and O–H groups in total. The van der Waals surface area contributed by atoms with E-state index in [4.69, 9.17) is 21.1 Å². The Hall–Kier alpha value is -4.96. The molecule has 3 amide bonds. The van der Waals surface area contributed by atoms with Crippen molar-refractivity contribution in [1.29, 1.82) is 0 Å². The van der Waals surface area contributed by atoms with Gasteiger partial charge in [-0.3, -0.25) is 24.0 Å². The molecule has 262 valence electrons. The molecule has 0 saturated heterocycles. The summed E-state index contributed by atoms with van der Waals surface area (Å²) in [6, 6.07) is 16.8. The van der Waals surface area contributed by atoms with Crippen molar-refractivity contribution in [3.8, 4) is 11.5 Å². The number of halogens is 1. The van der Waals surface area contributed by atoms with Crippen molar-refractivity contribution >= 4 is 79.9 Å². The molecule has 2 unspecified atom stereocenters. The van der Waals surface area contributed by atoms with Crippen LogP contribution < -0.4 is 24.6 Å². The lowest BCUT2D eigenvalue weighted by Crippen LogP contribution is -2.72. The van der Waals surface area contributed by atoms with Gasteiger partial charge < -0.3 is 24.6 Å². The Labute approximate surface area is 300 Å². The number of carbonyl (C=O) groups excluding carboxylic acids is 5. The Balaban J connectivity index is 1.10. The van der Waals surface area contributed by atoms with E-state index in [0.717, 1.165) is 33.0 Å². The zero-order valence-corrected chi connectivity index (χ0v) is 29.7. The smallest absolute Gasteiger partial charge is 0.308 e. The molecule has 3 fully saturated rings. The third kappa shape index (κ3) is 5.09. The van der Waals surface area contributed by atoms with Crippen molar-refractivity contribution < 1.29 is 33.4 Å². The Morgan fingerprint density at radius 1 is 0.745 bits per heavy atom. The van der Waals surface area contributed by atoms with E-state index in [1.165, 1.54) is 20.8 Å². The molecular weight excluding hydrogens is 670 g/mol. The molecule has 3 aliphatic carbocycles. The summed E-state index contributed by atoms with van der Waals surface area (Å²) in [4.78, 5) is 68.7. The molecule has 51 heavy (non-hydrogen) atoms. The molecule has 3 saturated carbocycles. The fourth-order valence-electron chi connectivity index (χ4n) is 9.34. The highest BCUT2D eigenvalue weighted by Crippen LogP contribution is 2.75. The Morgan fingerprint density at radius 2 is 1.29 bits per heavy atom. The quantitative estimate of drug-likeness (QED) is 0.123. The van der Waals surface area contributed by atoms with E-state index in [1.54, 1.807) is 17.0 Å². The second kappa shape index (κ2) is 11.8. The maximum absolute atomic E-state index is 14.6. The summed E-state index contributed by atoms with van der Waals surface area (Å²) in [5, 5.41) is 6.11. The number of ether oxygens (including phenoxy) is 2. The molecule has 0 spiro atoms. The number of hydrogen-bond acceptors (Lipinski definition) is 7. The van der Waals surface area contributed by atoms with E-state index in [1.807, 2.05) is 47.4 Å². The van der Waals surface area contributed by atoms with Crippen molar-refractivity contribution in [2.24, 2.45) is 10.8 Å². The highest BCUT2D eigenvalue weighted by molar-refractivity contribution is 6.18. The first-order valence-corrected chi connectivity index (χ1v) is 17.9. The Kier molecular flexibility index (Phi) is 7.68. The van der Waals surface area contributed by atoms with Gasteiger partial charge in [0.15, 0.2) is 0 Å². The summed E-state index contributed by atoms with van der Waals surface area (Å²) in [6.45, 7) is 7.16. The van der Waals surface area contributed by atoms with Crippen molar-refractivity contribution in [3.63, 3.8) is 0 Å². The predicted molar refractivity (Wildman–Crippen MR) is 195 cm³/mol. The number of nitrogens with one attached hydrogen (secondary N) is 1. The number of rotatable bonds is 7. The molecular formula is C40H38ClN3O7.